The van der Waals surface area contributed by atoms with Gasteiger partial charge in [-0.25, -0.2) is 15.1 Å². The van der Waals surface area contributed by atoms with E-state index in [2.05, 4.69) is 10.8 Å². The van der Waals surface area contributed by atoms with Crippen molar-refractivity contribution in [1.29, 1.82) is 0 Å². The molecule has 2 aromatic rings. The van der Waals surface area contributed by atoms with Crippen molar-refractivity contribution in [1.82, 2.24) is 10.8 Å². The molecule has 3 N–H and O–H groups in total. The predicted molar refractivity (Wildman–Crippen MR) is 122 cm³/mol. The van der Waals surface area contributed by atoms with Gasteiger partial charge in [0.1, 0.15) is 12.6 Å². The van der Waals surface area contributed by atoms with Gasteiger partial charge in [-0.3, -0.25) is 9.63 Å². The number of aliphatic carboxylic acids is 1. The minimum Gasteiger partial charge on any atom is -0.479 e. The maximum Gasteiger partial charge on any atom is 0.407 e. The number of fused-ring (bicyclic) bond motifs is 3. The van der Waals surface area contributed by atoms with Crippen molar-refractivity contribution >= 4 is 18.0 Å². The van der Waals surface area contributed by atoms with Crippen LogP contribution >= 0.6 is 0 Å². The van der Waals surface area contributed by atoms with Crippen LogP contribution in [-0.4, -0.2) is 55.5 Å². The molecule has 4 rings (SSSR count). The van der Waals surface area contributed by atoms with E-state index in [9.17, 15) is 19.5 Å². The third kappa shape index (κ3) is 5.37. The highest BCUT2D eigenvalue weighted by molar-refractivity contribution is 5.85. The molecule has 0 bridgehead atoms. The Bertz CT molecular complexity index is 1010. The molecule has 2 aromatic carbocycles. The van der Waals surface area contributed by atoms with Gasteiger partial charge in [0.2, 0.25) is 0 Å². The van der Waals surface area contributed by atoms with Crippen molar-refractivity contribution in [3.05, 3.63) is 59.7 Å². The number of amides is 2. The first-order valence-electron chi connectivity index (χ1n) is 11.3. The van der Waals surface area contributed by atoms with E-state index >= 15 is 0 Å². The quantitative estimate of drug-likeness (QED) is 0.433. The number of carbonyl (C=O) groups is 3. The van der Waals surface area contributed by atoms with Gasteiger partial charge in [-0.1, -0.05) is 48.5 Å². The second-order valence-corrected chi connectivity index (χ2v) is 8.48. The van der Waals surface area contributed by atoms with Gasteiger partial charge in [0.05, 0.1) is 0 Å². The molecule has 0 aromatic heterocycles. The maximum absolute atomic E-state index is 12.6. The number of benzene rings is 2. The van der Waals surface area contributed by atoms with E-state index in [1.807, 2.05) is 48.5 Å². The lowest BCUT2D eigenvalue weighted by molar-refractivity contribution is -0.163. The number of carboxylic acid groups (broad SMARTS) is 1. The lowest BCUT2D eigenvalue weighted by atomic mass is 9.98. The van der Waals surface area contributed by atoms with Crippen molar-refractivity contribution in [3.63, 3.8) is 0 Å². The van der Waals surface area contributed by atoms with Crippen LogP contribution in [0.2, 0.25) is 0 Å². The Balaban J connectivity index is 1.36. The van der Waals surface area contributed by atoms with Crippen molar-refractivity contribution in [2.75, 3.05) is 20.3 Å². The van der Waals surface area contributed by atoms with Crippen LogP contribution in [0, 0.1) is 5.92 Å². The highest BCUT2D eigenvalue weighted by Crippen LogP contribution is 2.44. The van der Waals surface area contributed by atoms with Crippen molar-refractivity contribution < 1.29 is 33.8 Å². The Hall–Kier alpha value is -3.43. The largest absolute Gasteiger partial charge is 0.479 e. The standard InChI is InChI=1S/C25H28N2O7/c1-32-13-12-21(23(28)27-34-22(24(29)30)15-10-11-15)26-25(31)33-14-20-18-8-4-2-6-16(18)17-7-3-5-9-19(17)20/h2-9,15,20-22H,10-14H2,1H3,(H,26,31)(H,27,28)(H,29,30). The third-order valence-corrected chi connectivity index (χ3v) is 6.14. The number of carbonyl (C=O) groups excluding carboxylic acids is 2. The summed E-state index contributed by atoms with van der Waals surface area (Å²) in [5.41, 5.74) is 6.57. The van der Waals surface area contributed by atoms with Crippen LogP contribution in [0.4, 0.5) is 4.79 Å². The van der Waals surface area contributed by atoms with Crippen LogP contribution in [0.1, 0.15) is 36.3 Å². The molecule has 0 saturated heterocycles. The second kappa shape index (κ2) is 10.7. The van der Waals surface area contributed by atoms with Gasteiger partial charge >= 0.3 is 12.1 Å². The molecule has 1 saturated carbocycles. The maximum atomic E-state index is 12.6. The van der Waals surface area contributed by atoms with Crippen molar-refractivity contribution in [2.24, 2.45) is 5.92 Å². The van der Waals surface area contributed by atoms with E-state index < -0.39 is 30.1 Å². The summed E-state index contributed by atoms with van der Waals surface area (Å²) in [6.07, 6.45) is -0.232. The highest BCUT2D eigenvalue weighted by Gasteiger charge is 2.38. The van der Waals surface area contributed by atoms with Gasteiger partial charge < -0.3 is 19.9 Å². The second-order valence-electron chi connectivity index (χ2n) is 8.48. The average molecular weight is 469 g/mol. The van der Waals surface area contributed by atoms with E-state index in [1.54, 1.807) is 0 Å². The van der Waals surface area contributed by atoms with Gasteiger partial charge in [-0.15, -0.1) is 0 Å². The van der Waals surface area contributed by atoms with Gasteiger partial charge in [0.15, 0.2) is 6.10 Å². The summed E-state index contributed by atoms with van der Waals surface area (Å²) in [6.45, 7) is 0.310. The molecule has 2 unspecified atom stereocenters. The van der Waals surface area contributed by atoms with Crippen LogP contribution in [0.15, 0.2) is 48.5 Å². The number of methoxy groups -OCH3 is 1. The molecule has 2 aliphatic carbocycles. The number of ether oxygens (including phenoxy) is 2. The minimum atomic E-state index is -1.14. The lowest BCUT2D eigenvalue weighted by Gasteiger charge is -2.20. The molecule has 9 nitrogen and oxygen atoms in total. The summed E-state index contributed by atoms with van der Waals surface area (Å²) in [7, 11) is 1.48. The Labute approximate surface area is 197 Å². The fraction of sp³-hybridized carbons (Fsp3) is 0.400. The van der Waals surface area contributed by atoms with Gasteiger partial charge in [0.25, 0.3) is 5.91 Å². The molecule has 34 heavy (non-hydrogen) atoms. The number of hydroxylamine groups is 1. The summed E-state index contributed by atoms with van der Waals surface area (Å²) in [5.74, 6) is -2.04. The fourth-order valence-electron chi connectivity index (χ4n) is 4.23. The zero-order valence-corrected chi connectivity index (χ0v) is 18.9. The molecular formula is C25H28N2O7. The molecule has 2 atom stereocenters. The SMILES string of the molecule is COCCC(NC(=O)OCC1c2ccccc2-c2ccccc21)C(=O)NOC(C(=O)O)C1CC1. The predicted octanol–water partition coefficient (Wildman–Crippen LogP) is 2.84. The summed E-state index contributed by atoms with van der Waals surface area (Å²) in [6, 6.07) is 15.0. The third-order valence-electron chi connectivity index (χ3n) is 6.14. The van der Waals surface area contributed by atoms with E-state index in [0.717, 1.165) is 35.1 Å². The number of rotatable bonds is 11. The normalized spacial score (nSPS) is 16.1. The van der Waals surface area contributed by atoms with Crippen LogP contribution in [-0.2, 0) is 23.9 Å². The zero-order valence-electron chi connectivity index (χ0n) is 18.9. The van der Waals surface area contributed by atoms with Gasteiger partial charge in [-0.2, -0.15) is 0 Å². The summed E-state index contributed by atoms with van der Waals surface area (Å²) >= 11 is 0. The number of carboxylic acids is 1. The van der Waals surface area contributed by atoms with Crippen LogP contribution in [0.25, 0.3) is 11.1 Å². The van der Waals surface area contributed by atoms with Crippen LogP contribution < -0.4 is 10.8 Å². The molecule has 2 aliphatic rings. The fourth-order valence-corrected chi connectivity index (χ4v) is 4.23. The van der Waals surface area contributed by atoms with Crippen LogP contribution in [0.5, 0.6) is 0 Å². The first-order valence-corrected chi connectivity index (χ1v) is 11.3. The Morgan fingerprint density at radius 2 is 1.65 bits per heavy atom. The Morgan fingerprint density at radius 3 is 2.21 bits per heavy atom. The molecule has 180 valence electrons. The van der Waals surface area contributed by atoms with Gasteiger partial charge in [0, 0.05) is 26.1 Å². The molecule has 0 spiro atoms. The molecule has 9 heteroatoms. The first-order chi connectivity index (χ1) is 16.5. The summed E-state index contributed by atoms with van der Waals surface area (Å²) < 4.78 is 10.5. The Kier molecular flexibility index (Phi) is 7.44. The van der Waals surface area contributed by atoms with Crippen molar-refractivity contribution in [2.45, 2.75) is 37.3 Å². The molecular weight excluding hydrogens is 440 g/mol. The first kappa shape index (κ1) is 23.7. The number of hydrogen-bond acceptors (Lipinski definition) is 6. The molecule has 0 radical (unpaired) electrons. The Morgan fingerprint density at radius 1 is 1.03 bits per heavy atom. The number of hydrogen-bond donors (Lipinski definition) is 3. The molecule has 2 amide bonds. The van der Waals surface area contributed by atoms with E-state index in [1.165, 1.54) is 7.11 Å². The van der Waals surface area contributed by atoms with Crippen LogP contribution in [0.3, 0.4) is 0 Å². The topological polar surface area (TPSA) is 123 Å². The monoisotopic (exact) mass is 468 g/mol. The summed E-state index contributed by atoms with van der Waals surface area (Å²) in [5, 5.41) is 11.8. The number of nitrogens with one attached hydrogen (secondary N) is 2. The highest BCUT2D eigenvalue weighted by atomic mass is 16.7. The molecule has 1 fully saturated rings. The average Bonchev–Trinajstić information content (AvgIpc) is 3.62. The van der Waals surface area contributed by atoms with Crippen molar-refractivity contribution in [3.8, 4) is 11.1 Å². The van der Waals surface area contributed by atoms with E-state index in [4.69, 9.17) is 14.3 Å². The minimum absolute atomic E-state index is 0.109. The van der Waals surface area contributed by atoms with Gasteiger partial charge in [-0.05, 0) is 41.0 Å². The van der Waals surface area contributed by atoms with E-state index in [0.29, 0.717) is 0 Å². The summed E-state index contributed by atoms with van der Waals surface area (Å²) in [4.78, 5) is 41.6. The number of alkyl carbamates (subject to hydrolysis) is 1. The lowest BCUT2D eigenvalue weighted by Crippen LogP contribution is -2.49. The molecule has 0 heterocycles. The smallest absolute Gasteiger partial charge is 0.407 e. The molecule has 0 aliphatic heterocycles. The zero-order chi connectivity index (χ0) is 24.1. The van der Waals surface area contributed by atoms with E-state index in [-0.39, 0.29) is 31.5 Å².